The maximum Gasteiger partial charge on any atom is 0.236 e. The molecule has 2 aliphatic rings. The summed E-state index contributed by atoms with van der Waals surface area (Å²) in [7, 11) is 0. The Morgan fingerprint density at radius 1 is 1.18 bits per heavy atom. The van der Waals surface area contributed by atoms with Crippen LogP contribution in [-0.4, -0.2) is 70.6 Å². The molecule has 0 spiro atoms. The van der Waals surface area contributed by atoms with E-state index in [-0.39, 0.29) is 36.4 Å². The lowest BCUT2D eigenvalue weighted by molar-refractivity contribution is -0.137. The average molecular weight is 483 g/mol. The average Bonchev–Trinajstić information content (AvgIpc) is 3.17. The van der Waals surface area contributed by atoms with E-state index in [2.05, 4.69) is 64.8 Å². The monoisotopic (exact) mass is 482 g/mol. The minimum atomic E-state index is 0. The maximum absolute atomic E-state index is 13.3. The van der Waals surface area contributed by atoms with E-state index in [0.29, 0.717) is 6.54 Å². The zero-order valence-corrected chi connectivity index (χ0v) is 21.1. The predicted octanol–water partition coefficient (Wildman–Crippen LogP) is 4.78. The van der Waals surface area contributed by atoms with Gasteiger partial charge >= 0.3 is 0 Å². The number of nitrogens with zero attached hydrogens (tertiary/aromatic N) is 3. The number of aromatic nitrogens is 2. The summed E-state index contributed by atoms with van der Waals surface area (Å²) in [4.78, 5) is 25.7. The first-order valence-electron chi connectivity index (χ1n) is 12.2. The van der Waals surface area contributed by atoms with Gasteiger partial charge in [-0.2, -0.15) is 0 Å². The first kappa shape index (κ1) is 24.7. The van der Waals surface area contributed by atoms with E-state index in [1.165, 1.54) is 22.2 Å². The number of hydrogen-bond donors (Lipinski definition) is 1. The molecule has 2 aromatic heterocycles. The highest BCUT2D eigenvalue weighted by atomic mass is 35.5. The normalized spacial score (nSPS) is 23.6. The van der Waals surface area contributed by atoms with Crippen LogP contribution in [0.25, 0.3) is 22.0 Å². The number of likely N-dealkylation sites (tertiary alicyclic amines) is 1. The molecule has 34 heavy (non-hydrogen) atoms. The van der Waals surface area contributed by atoms with Gasteiger partial charge in [0.05, 0.1) is 18.8 Å². The third-order valence-electron chi connectivity index (χ3n) is 6.97. The summed E-state index contributed by atoms with van der Waals surface area (Å²) >= 11 is 0. The van der Waals surface area contributed by atoms with E-state index in [9.17, 15) is 4.79 Å². The Hall–Kier alpha value is -2.41. The van der Waals surface area contributed by atoms with Crippen molar-refractivity contribution in [3.63, 3.8) is 0 Å². The van der Waals surface area contributed by atoms with Crippen molar-refractivity contribution >= 4 is 29.2 Å². The van der Waals surface area contributed by atoms with Gasteiger partial charge in [-0.15, -0.1) is 12.4 Å². The van der Waals surface area contributed by atoms with Crippen molar-refractivity contribution < 1.29 is 9.53 Å². The fourth-order valence-corrected chi connectivity index (χ4v) is 5.60. The SMILES string of the molecule is Cc1ccc2[nH]c(C3CCCN(C(=O)CN4CC(C)OC(C)C4)C3)c(-c3cccnc3)c2c1.Cl. The first-order chi connectivity index (χ1) is 16.0. The fourth-order valence-electron chi connectivity index (χ4n) is 5.60. The van der Waals surface area contributed by atoms with E-state index >= 15 is 0 Å². The van der Waals surface area contributed by atoms with Crippen molar-refractivity contribution in [3.8, 4) is 11.1 Å². The number of morpholine rings is 1. The van der Waals surface area contributed by atoms with Crippen molar-refractivity contribution in [1.29, 1.82) is 0 Å². The molecule has 2 aliphatic heterocycles. The van der Waals surface area contributed by atoms with Crippen LogP contribution in [0.5, 0.6) is 0 Å². The van der Waals surface area contributed by atoms with Gasteiger partial charge in [0.25, 0.3) is 0 Å². The number of nitrogens with one attached hydrogen (secondary N) is 1. The summed E-state index contributed by atoms with van der Waals surface area (Å²) in [5.41, 5.74) is 5.98. The maximum atomic E-state index is 13.3. The third-order valence-corrected chi connectivity index (χ3v) is 6.97. The standard InChI is InChI=1S/C27H34N4O2.ClH/c1-18-8-9-24-23(12-18)26(21-6-4-10-28-13-21)27(29-24)22-7-5-11-31(16-22)25(32)17-30-14-19(2)33-20(3)15-30;/h4,6,8-10,12-13,19-20,22,29H,5,7,11,14-17H2,1-3H3;1H. The Bertz CT molecular complexity index is 1120. The van der Waals surface area contributed by atoms with E-state index in [4.69, 9.17) is 4.74 Å². The van der Waals surface area contributed by atoms with Gasteiger partial charge < -0.3 is 14.6 Å². The molecule has 0 aliphatic carbocycles. The van der Waals surface area contributed by atoms with Crippen molar-refractivity contribution in [2.75, 3.05) is 32.7 Å². The number of rotatable bonds is 4. The number of H-pyrrole nitrogens is 1. The van der Waals surface area contributed by atoms with Gasteiger partial charge in [-0.3, -0.25) is 14.7 Å². The van der Waals surface area contributed by atoms with Crippen LogP contribution in [0, 0.1) is 6.92 Å². The molecule has 182 valence electrons. The molecule has 3 atom stereocenters. The molecule has 1 N–H and O–H groups in total. The lowest BCUT2D eigenvalue weighted by Crippen LogP contribution is -2.51. The number of fused-ring (bicyclic) bond motifs is 1. The van der Waals surface area contributed by atoms with Crippen LogP contribution in [0.2, 0.25) is 0 Å². The number of ether oxygens (including phenoxy) is 1. The van der Waals surface area contributed by atoms with Crippen LogP contribution < -0.4 is 0 Å². The Labute approximate surface area is 208 Å². The first-order valence-corrected chi connectivity index (χ1v) is 12.2. The van der Waals surface area contributed by atoms with Gasteiger partial charge in [-0.1, -0.05) is 17.7 Å². The van der Waals surface area contributed by atoms with Crippen LogP contribution >= 0.6 is 12.4 Å². The molecule has 6 nitrogen and oxygen atoms in total. The summed E-state index contributed by atoms with van der Waals surface area (Å²) in [6.45, 7) is 10.0. The molecule has 1 amide bonds. The highest BCUT2D eigenvalue weighted by Gasteiger charge is 2.31. The predicted molar refractivity (Wildman–Crippen MR) is 139 cm³/mol. The highest BCUT2D eigenvalue weighted by Crippen LogP contribution is 2.39. The minimum absolute atomic E-state index is 0. The van der Waals surface area contributed by atoms with Crippen molar-refractivity contribution in [3.05, 3.63) is 54.0 Å². The van der Waals surface area contributed by atoms with Crippen LogP contribution in [0.1, 0.15) is 43.9 Å². The van der Waals surface area contributed by atoms with Gasteiger partial charge in [-0.25, -0.2) is 0 Å². The van der Waals surface area contributed by atoms with Gasteiger partial charge in [0.2, 0.25) is 5.91 Å². The molecule has 3 aromatic rings. The van der Waals surface area contributed by atoms with Gasteiger partial charge in [0, 0.05) is 72.2 Å². The van der Waals surface area contributed by atoms with Crippen molar-refractivity contribution in [2.45, 2.75) is 51.7 Å². The Morgan fingerprint density at radius 2 is 1.97 bits per heavy atom. The molecule has 4 heterocycles. The number of carbonyl (C=O) groups is 1. The Morgan fingerprint density at radius 3 is 2.71 bits per heavy atom. The van der Waals surface area contributed by atoms with Gasteiger partial charge in [-0.05, 0) is 51.8 Å². The van der Waals surface area contributed by atoms with Crippen LogP contribution in [0.15, 0.2) is 42.7 Å². The van der Waals surface area contributed by atoms with E-state index in [1.807, 2.05) is 18.5 Å². The molecule has 0 bridgehead atoms. The number of piperidine rings is 1. The van der Waals surface area contributed by atoms with E-state index < -0.39 is 0 Å². The second-order valence-electron chi connectivity index (χ2n) is 9.83. The molecule has 0 saturated carbocycles. The Kier molecular flexibility index (Phi) is 7.60. The number of pyridine rings is 1. The number of amides is 1. The molecule has 5 rings (SSSR count). The quantitative estimate of drug-likeness (QED) is 0.581. The topological polar surface area (TPSA) is 61.5 Å². The third kappa shape index (κ3) is 5.14. The number of benzene rings is 1. The molecule has 2 saturated heterocycles. The van der Waals surface area contributed by atoms with Crippen LogP contribution in [0.4, 0.5) is 0 Å². The zero-order valence-electron chi connectivity index (χ0n) is 20.3. The van der Waals surface area contributed by atoms with Crippen molar-refractivity contribution in [2.24, 2.45) is 0 Å². The molecule has 2 fully saturated rings. The highest BCUT2D eigenvalue weighted by molar-refractivity contribution is 5.98. The molecular weight excluding hydrogens is 448 g/mol. The summed E-state index contributed by atoms with van der Waals surface area (Å²) in [5, 5.41) is 1.23. The second kappa shape index (κ2) is 10.5. The van der Waals surface area contributed by atoms with E-state index in [0.717, 1.165) is 50.1 Å². The molecule has 0 radical (unpaired) electrons. The Balaban J connectivity index is 0.00000274. The lowest BCUT2D eigenvalue weighted by Gasteiger charge is -2.38. The van der Waals surface area contributed by atoms with Gasteiger partial charge in [0.1, 0.15) is 0 Å². The molecular formula is C27H35ClN4O2. The fraction of sp³-hybridized carbons (Fsp3) is 0.481. The van der Waals surface area contributed by atoms with E-state index in [1.54, 1.807) is 0 Å². The summed E-state index contributed by atoms with van der Waals surface area (Å²) < 4.78 is 5.83. The molecule has 1 aromatic carbocycles. The smallest absolute Gasteiger partial charge is 0.236 e. The van der Waals surface area contributed by atoms with Crippen LogP contribution in [0.3, 0.4) is 0 Å². The summed E-state index contributed by atoms with van der Waals surface area (Å²) in [5.74, 6) is 0.518. The minimum Gasteiger partial charge on any atom is -0.373 e. The van der Waals surface area contributed by atoms with Crippen molar-refractivity contribution in [1.82, 2.24) is 19.8 Å². The second-order valence-corrected chi connectivity index (χ2v) is 9.83. The number of aromatic amines is 1. The zero-order chi connectivity index (χ0) is 22.9. The number of hydrogen-bond acceptors (Lipinski definition) is 4. The van der Waals surface area contributed by atoms with Gasteiger partial charge in [0.15, 0.2) is 0 Å². The number of carbonyl (C=O) groups excluding carboxylic acids is 1. The molecule has 7 heteroatoms. The largest absolute Gasteiger partial charge is 0.373 e. The van der Waals surface area contributed by atoms with Crippen LogP contribution in [-0.2, 0) is 9.53 Å². The molecule has 3 unspecified atom stereocenters. The summed E-state index contributed by atoms with van der Waals surface area (Å²) in [6, 6.07) is 10.7. The summed E-state index contributed by atoms with van der Waals surface area (Å²) in [6.07, 6.45) is 6.21. The number of halogens is 1. The number of aryl methyl sites for hydroxylation is 1. The lowest BCUT2D eigenvalue weighted by atomic mass is 9.89.